The van der Waals surface area contributed by atoms with Gasteiger partial charge in [0.05, 0.1) is 5.02 Å². The molecule has 3 nitrogen and oxygen atoms in total. The molecule has 1 fully saturated rings. The van der Waals surface area contributed by atoms with Gasteiger partial charge >= 0.3 is 0 Å². The zero-order chi connectivity index (χ0) is 14.0. The summed E-state index contributed by atoms with van der Waals surface area (Å²) in [6, 6.07) is 3.95. The summed E-state index contributed by atoms with van der Waals surface area (Å²) in [5.41, 5.74) is 0.801. The van der Waals surface area contributed by atoms with Gasteiger partial charge in [0, 0.05) is 49.4 Å². The van der Waals surface area contributed by atoms with Crippen molar-refractivity contribution >= 4 is 23.2 Å². The molecule has 1 aliphatic heterocycles. The van der Waals surface area contributed by atoms with Crippen molar-refractivity contribution in [2.24, 2.45) is 0 Å². The van der Waals surface area contributed by atoms with Gasteiger partial charge in [0.1, 0.15) is 5.75 Å². The lowest BCUT2D eigenvalue weighted by Gasteiger charge is -2.37. The first-order chi connectivity index (χ1) is 8.97. The summed E-state index contributed by atoms with van der Waals surface area (Å²) in [5, 5.41) is 10.9. The van der Waals surface area contributed by atoms with Crippen LogP contribution >= 0.6 is 23.2 Å². The Labute approximate surface area is 124 Å². The second-order valence-electron chi connectivity index (χ2n) is 5.30. The van der Waals surface area contributed by atoms with E-state index in [1.807, 2.05) is 0 Å². The maximum Gasteiger partial charge on any atom is 0.138 e. The van der Waals surface area contributed by atoms with Gasteiger partial charge in [-0.05, 0) is 26.0 Å². The molecule has 0 aromatic heterocycles. The van der Waals surface area contributed by atoms with Crippen LogP contribution in [0.15, 0.2) is 12.1 Å². The molecule has 0 amide bonds. The van der Waals surface area contributed by atoms with Gasteiger partial charge in [0.15, 0.2) is 0 Å². The number of hydrogen-bond acceptors (Lipinski definition) is 3. The van der Waals surface area contributed by atoms with Crippen LogP contribution in [0.1, 0.15) is 19.4 Å². The van der Waals surface area contributed by atoms with Crippen LogP contribution in [0.25, 0.3) is 0 Å². The van der Waals surface area contributed by atoms with Crippen molar-refractivity contribution < 1.29 is 5.11 Å². The van der Waals surface area contributed by atoms with E-state index in [1.54, 1.807) is 12.1 Å². The lowest BCUT2D eigenvalue weighted by molar-refractivity contribution is 0.103. The Bertz CT molecular complexity index is 443. The average molecular weight is 303 g/mol. The quantitative estimate of drug-likeness (QED) is 0.929. The molecule has 106 valence electrons. The van der Waals surface area contributed by atoms with Crippen molar-refractivity contribution in [3.05, 3.63) is 27.7 Å². The highest BCUT2D eigenvalue weighted by molar-refractivity contribution is 6.35. The van der Waals surface area contributed by atoms with Crippen LogP contribution in [-0.2, 0) is 6.54 Å². The maximum atomic E-state index is 9.97. The fraction of sp³-hybridized carbons (Fsp3) is 0.571. The van der Waals surface area contributed by atoms with Crippen LogP contribution in [0.3, 0.4) is 0 Å². The molecule has 5 heteroatoms. The van der Waals surface area contributed by atoms with E-state index in [1.165, 1.54) is 0 Å². The molecule has 0 spiro atoms. The van der Waals surface area contributed by atoms with Gasteiger partial charge in [-0.2, -0.15) is 0 Å². The van der Waals surface area contributed by atoms with Gasteiger partial charge in [-0.3, -0.25) is 9.80 Å². The lowest BCUT2D eigenvalue weighted by Crippen LogP contribution is -2.48. The number of aromatic hydroxyl groups is 1. The predicted octanol–water partition coefficient (Wildman–Crippen LogP) is 3.23. The van der Waals surface area contributed by atoms with Crippen LogP contribution in [0.5, 0.6) is 5.75 Å². The van der Waals surface area contributed by atoms with E-state index in [0.29, 0.717) is 22.6 Å². The molecule has 2 rings (SSSR count). The molecule has 0 radical (unpaired) electrons. The largest absolute Gasteiger partial charge is 0.506 e. The molecule has 0 saturated carbocycles. The average Bonchev–Trinajstić information content (AvgIpc) is 2.36. The molecule has 0 atom stereocenters. The third-order valence-electron chi connectivity index (χ3n) is 3.64. The molecule has 1 aromatic carbocycles. The molecule has 0 unspecified atom stereocenters. The van der Waals surface area contributed by atoms with Crippen LogP contribution in [-0.4, -0.2) is 47.1 Å². The Morgan fingerprint density at radius 3 is 2.37 bits per heavy atom. The van der Waals surface area contributed by atoms with E-state index >= 15 is 0 Å². The first-order valence-electron chi connectivity index (χ1n) is 6.60. The third kappa shape index (κ3) is 3.76. The fourth-order valence-corrected chi connectivity index (χ4v) is 2.95. The van der Waals surface area contributed by atoms with E-state index in [0.717, 1.165) is 31.7 Å². The molecule has 0 bridgehead atoms. The van der Waals surface area contributed by atoms with Crippen molar-refractivity contribution in [1.29, 1.82) is 0 Å². The Morgan fingerprint density at radius 2 is 1.79 bits per heavy atom. The van der Waals surface area contributed by atoms with Gasteiger partial charge in [-0.1, -0.05) is 23.2 Å². The topological polar surface area (TPSA) is 26.7 Å². The number of hydrogen-bond donors (Lipinski definition) is 1. The summed E-state index contributed by atoms with van der Waals surface area (Å²) in [6.07, 6.45) is 0. The van der Waals surface area contributed by atoms with Crippen molar-refractivity contribution in [2.45, 2.75) is 26.4 Å². The zero-order valence-corrected chi connectivity index (χ0v) is 12.9. The number of rotatable bonds is 3. The Balaban J connectivity index is 2.00. The lowest BCUT2D eigenvalue weighted by atomic mass is 10.1. The number of phenolic OH excluding ortho intramolecular Hbond substituents is 1. The number of halogens is 2. The van der Waals surface area contributed by atoms with Crippen LogP contribution < -0.4 is 0 Å². The monoisotopic (exact) mass is 302 g/mol. The molecule has 1 saturated heterocycles. The molecular weight excluding hydrogens is 283 g/mol. The highest BCUT2D eigenvalue weighted by atomic mass is 35.5. The summed E-state index contributed by atoms with van der Waals surface area (Å²) in [7, 11) is 0. The minimum atomic E-state index is 0.150. The molecular formula is C14H20Cl2N2O. The Morgan fingerprint density at radius 1 is 1.16 bits per heavy atom. The van der Waals surface area contributed by atoms with Gasteiger partial charge in [-0.15, -0.1) is 0 Å². The molecule has 1 heterocycles. The Hall–Kier alpha value is -0.480. The molecule has 1 N–H and O–H groups in total. The molecule has 0 aliphatic carbocycles. The number of nitrogens with zero attached hydrogens (tertiary/aromatic N) is 2. The van der Waals surface area contributed by atoms with Gasteiger partial charge in [-0.25, -0.2) is 0 Å². The highest BCUT2D eigenvalue weighted by Gasteiger charge is 2.20. The molecule has 1 aliphatic rings. The number of benzene rings is 1. The smallest absolute Gasteiger partial charge is 0.138 e. The standard InChI is InChI=1S/C14H20Cl2N2O/c1-10(2)18-5-3-17(4-6-18)9-11-7-12(15)8-13(16)14(11)19/h7-8,10,19H,3-6,9H2,1-2H3. The summed E-state index contributed by atoms with van der Waals surface area (Å²) >= 11 is 11.9. The minimum Gasteiger partial charge on any atom is -0.506 e. The first-order valence-corrected chi connectivity index (χ1v) is 7.36. The van der Waals surface area contributed by atoms with E-state index in [9.17, 15) is 5.11 Å². The van der Waals surface area contributed by atoms with Crippen molar-refractivity contribution in [3.63, 3.8) is 0 Å². The van der Waals surface area contributed by atoms with Crippen molar-refractivity contribution in [1.82, 2.24) is 9.80 Å². The van der Waals surface area contributed by atoms with E-state index in [4.69, 9.17) is 23.2 Å². The normalized spacial score (nSPS) is 18.2. The van der Waals surface area contributed by atoms with Crippen molar-refractivity contribution in [2.75, 3.05) is 26.2 Å². The summed E-state index contributed by atoms with van der Waals surface area (Å²) in [6.45, 7) is 9.26. The van der Waals surface area contributed by atoms with Crippen LogP contribution in [0, 0.1) is 0 Å². The molecule has 19 heavy (non-hydrogen) atoms. The molecule has 1 aromatic rings. The summed E-state index contributed by atoms with van der Waals surface area (Å²) < 4.78 is 0. The number of piperazine rings is 1. The third-order valence-corrected chi connectivity index (χ3v) is 4.14. The van der Waals surface area contributed by atoms with Crippen LogP contribution in [0.2, 0.25) is 10.0 Å². The fourth-order valence-electron chi connectivity index (χ4n) is 2.42. The Kier molecular flexibility index (Phi) is 4.96. The maximum absolute atomic E-state index is 9.97. The second-order valence-corrected chi connectivity index (χ2v) is 6.14. The SMILES string of the molecule is CC(C)N1CCN(Cc2cc(Cl)cc(Cl)c2O)CC1. The van der Waals surface area contributed by atoms with E-state index < -0.39 is 0 Å². The summed E-state index contributed by atoms with van der Waals surface area (Å²) in [4.78, 5) is 4.78. The number of phenols is 1. The highest BCUT2D eigenvalue weighted by Crippen LogP contribution is 2.32. The van der Waals surface area contributed by atoms with E-state index in [-0.39, 0.29) is 5.75 Å². The predicted molar refractivity (Wildman–Crippen MR) is 80.1 cm³/mol. The second kappa shape index (κ2) is 6.31. The first kappa shape index (κ1) is 14.9. The minimum absolute atomic E-state index is 0.150. The van der Waals surface area contributed by atoms with Crippen LogP contribution in [0.4, 0.5) is 0 Å². The van der Waals surface area contributed by atoms with E-state index in [2.05, 4.69) is 23.6 Å². The van der Waals surface area contributed by atoms with Crippen molar-refractivity contribution in [3.8, 4) is 5.75 Å². The van der Waals surface area contributed by atoms with Gasteiger partial charge < -0.3 is 5.11 Å². The summed E-state index contributed by atoms with van der Waals surface area (Å²) in [5.74, 6) is 0.150. The van der Waals surface area contributed by atoms with Gasteiger partial charge in [0.2, 0.25) is 0 Å². The zero-order valence-electron chi connectivity index (χ0n) is 11.4. The van der Waals surface area contributed by atoms with Gasteiger partial charge in [0.25, 0.3) is 0 Å².